The van der Waals surface area contributed by atoms with Gasteiger partial charge in [-0.1, -0.05) is 0 Å². The molecule has 9 nitrogen and oxygen atoms in total. The molecule has 2 unspecified atom stereocenters. The van der Waals surface area contributed by atoms with Crippen molar-refractivity contribution in [2.45, 2.75) is 12.2 Å². The van der Waals surface area contributed by atoms with Gasteiger partial charge in [-0.2, -0.15) is 0 Å². The van der Waals surface area contributed by atoms with Crippen LogP contribution in [0.3, 0.4) is 0 Å². The summed E-state index contributed by atoms with van der Waals surface area (Å²) in [5.41, 5.74) is 0. The van der Waals surface area contributed by atoms with Crippen LogP contribution >= 0.6 is 16.5 Å². The largest absolute Gasteiger partial charge is 0.695 e. The maximum atomic E-state index is 10.4. The molecule has 15 heavy (non-hydrogen) atoms. The summed E-state index contributed by atoms with van der Waals surface area (Å²) in [6.07, 6.45) is -4.19. The van der Waals surface area contributed by atoms with Gasteiger partial charge in [0, 0.05) is 9.13 Å². The third-order valence-corrected chi connectivity index (χ3v) is 1.92. The number of carbonyl (C=O) groups is 2. The Balaban J connectivity index is 4.69. The lowest BCUT2D eigenvalue weighted by Gasteiger charge is -2.05. The number of hydrogen-bond acceptors (Lipinski definition) is 6. The highest BCUT2D eigenvalue weighted by molar-refractivity contribution is 7.32. The second-order valence-corrected chi connectivity index (χ2v) is 3.42. The van der Waals surface area contributed by atoms with Crippen LogP contribution in [-0.2, 0) is 27.8 Å². The zero-order valence-electron chi connectivity index (χ0n) is 6.92. The van der Waals surface area contributed by atoms with E-state index < -0.39 is 34.7 Å². The highest BCUT2D eigenvalue weighted by Gasteiger charge is 2.42. The maximum absolute atomic E-state index is 10.4. The molecule has 0 aromatic heterocycles. The molecule has 3 N–H and O–H groups in total. The summed E-state index contributed by atoms with van der Waals surface area (Å²) in [6.45, 7) is 0. The first kappa shape index (κ1) is 14.2. The van der Waals surface area contributed by atoms with Crippen molar-refractivity contribution in [1.29, 1.82) is 0 Å². The van der Waals surface area contributed by atoms with Gasteiger partial charge in [0.05, 0.1) is 0 Å². The summed E-state index contributed by atoms with van der Waals surface area (Å²) in [5.74, 6) is -1.78. The van der Waals surface area contributed by atoms with Gasteiger partial charge in [-0.25, -0.2) is 4.79 Å². The molecule has 0 saturated heterocycles. The van der Waals surface area contributed by atoms with E-state index in [0.717, 1.165) is 0 Å². The average Bonchev–Trinajstić information content (AvgIpc) is 2.09. The molecule has 0 saturated carbocycles. The summed E-state index contributed by atoms with van der Waals surface area (Å²) in [6, 6.07) is 0. The number of carboxylic acid groups (broad SMARTS) is 1. The molecule has 0 fully saturated rings. The van der Waals surface area contributed by atoms with Crippen LogP contribution in [0.25, 0.3) is 0 Å². The molecule has 0 spiro atoms. The molecule has 0 aliphatic carbocycles. The number of carbonyl (C=O) groups excluding carboxylic acids is 1. The van der Waals surface area contributed by atoms with Crippen LogP contribution in [-0.4, -0.2) is 39.4 Å². The van der Waals surface area contributed by atoms with E-state index in [2.05, 4.69) is 9.05 Å². The van der Waals surface area contributed by atoms with Gasteiger partial charge in [0.2, 0.25) is 6.10 Å². The van der Waals surface area contributed by atoms with Gasteiger partial charge < -0.3 is 9.90 Å². The minimum atomic E-state index is -3.28. The van der Waals surface area contributed by atoms with E-state index in [9.17, 15) is 18.7 Å². The van der Waals surface area contributed by atoms with Gasteiger partial charge >= 0.3 is 22.5 Å². The van der Waals surface area contributed by atoms with E-state index in [4.69, 9.17) is 14.9 Å². The summed E-state index contributed by atoms with van der Waals surface area (Å²) in [5, 5.41) is 8.46. The number of aliphatic carboxylic acids is 1. The third kappa shape index (κ3) is 5.58. The van der Waals surface area contributed by atoms with Crippen molar-refractivity contribution < 1.29 is 42.7 Å². The van der Waals surface area contributed by atoms with Gasteiger partial charge in [-0.05, 0) is 0 Å². The van der Waals surface area contributed by atoms with Crippen molar-refractivity contribution in [3.63, 3.8) is 0 Å². The van der Waals surface area contributed by atoms with E-state index >= 15 is 0 Å². The first-order chi connectivity index (χ1) is 6.88. The Morgan fingerprint density at radius 3 is 1.93 bits per heavy atom. The second kappa shape index (κ2) is 6.62. The molecule has 11 heteroatoms. The van der Waals surface area contributed by atoms with Crippen LogP contribution in [0.2, 0.25) is 0 Å². The average molecular weight is 260 g/mol. The fourth-order valence-corrected chi connectivity index (χ4v) is 1.37. The number of hydrogen-bond donors (Lipinski definition) is 3. The normalized spacial score (nSPS) is 16.4. The molecule has 0 aliphatic heterocycles. The van der Waals surface area contributed by atoms with Crippen LogP contribution in [0.15, 0.2) is 0 Å². The molecule has 0 rings (SSSR count). The molecule has 0 heterocycles. The molecule has 0 aromatic carbocycles. The van der Waals surface area contributed by atoms with Crippen LogP contribution in [0.5, 0.6) is 0 Å². The molecular weight excluding hydrogens is 254 g/mol. The van der Waals surface area contributed by atoms with E-state index in [-0.39, 0.29) is 6.29 Å². The fourth-order valence-electron chi connectivity index (χ4n) is 0.598. The highest BCUT2D eigenvalue weighted by Crippen LogP contribution is 2.25. The summed E-state index contributed by atoms with van der Waals surface area (Å²) >= 11 is 0. The SMILES string of the molecule is O=C[C@H](O[P+](=O)O)[C@@H](O[P+](=O)O)C(=O)O. The van der Waals surface area contributed by atoms with Gasteiger partial charge in [0.1, 0.15) is 0 Å². The minimum absolute atomic E-state index is 0.124. The predicted octanol–water partition coefficient (Wildman–Crippen LogP) is -0.660. The van der Waals surface area contributed by atoms with Gasteiger partial charge in [0.25, 0.3) is 6.10 Å². The Hall–Kier alpha value is -0.820. The summed E-state index contributed by atoms with van der Waals surface area (Å²) in [7, 11) is -6.51. The molecule has 0 bridgehead atoms. The number of carboxylic acids is 1. The fraction of sp³-hybridized carbons (Fsp3) is 0.500. The lowest BCUT2D eigenvalue weighted by Crippen LogP contribution is -2.36. The molecule has 0 radical (unpaired) electrons. The van der Waals surface area contributed by atoms with Crippen LogP contribution < -0.4 is 0 Å². The van der Waals surface area contributed by atoms with E-state index in [1.54, 1.807) is 0 Å². The van der Waals surface area contributed by atoms with Crippen LogP contribution in [0, 0.1) is 0 Å². The van der Waals surface area contributed by atoms with Crippen molar-refractivity contribution in [3.05, 3.63) is 0 Å². The molecule has 4 atom stereocenters. The van der Waals surface area contributed by atoms with Crippen molar-refractivity contribution in [1.82, 2.24) is 0 Å². The van der Waals surface area contributed by atoms with E-state index in [1.807, 2.05) is 0 Å². The van der Waals surface area contributed by atoms with E-state index in [1.165, 1.54) is 0 Å². The van der Waals surface area contributed by atoms with Crippen LogP contribution in [0.1, 0.15) is 0 Å². The monoisotopic (exact) mass is 260 g/mol. The van der Waals surface area contributed by atoms with Gasteiger partial charge in [-0.3, -0.25) is 0 Å². The Morgan fingerprint density at radius 2 is 1.67 bits per heavy atom. The molecule has 84 valence electrons. The Labute approximate surface area is 84.5 Å². The standard InChI is InChI=1S/C4H4O9P2/c5-1-2(12-14(8)9)3(4(6)7)13-15(10)11/h1-3H,(H-2,6,7,8,9,10,11)/p+2/t2-,3+/m0/s1. The first-order valence-corrected chi connectivity index (χ1v) is 5.48. The van der Waals surface area contributed by atoms with Crippen molar-refractivity contribution in [2.24, 2.45) is 0 Å². The van der Waals surface area contributed by atoms with Crippen molar-refractivity contribution in [2.75, 3.05) is 0 Å². The summed E-state index contributed by atoms with van der Waals surface area (Å²) < 4.78 is 28.3. The number of rotatable bonds is 7. The third-order valence-electron chi connectivity index (χ3n) is 1.09. The van der Waals surface area contributed by atoms with Crippen LogP contribution in [0.4, 0.5) is 0 Å². The highest BCUT2D eigenvalue weighted by atomic mass is 31.1. The smallest absolute Gasteiger partial charge is 0.479 e. The quantitative estimate of drug-likeness (QED) is 0.400. The Bertz CT molecular complexity index is 288. The molecule has 0 aliphatic rings. The van der Waals surface area contributed by atoms with E-state index in [0.29, 0.717) is 0 Å². The van der Waals surface area contributed by atoms with Crippen molar-refractivity contribution in [3.8, 4) is 0 Å². The zero-order chi connectivity index (χ0) is 12.0. The number of aldehydes is 1. The lowest BCUT2D eigenvalue weighted by atomic mass is 10.2. The lowest BCUT2D eigenvalue weighted by molar-refractivity contribution is -0.151. The Kier molecular flexibility index (Phi) is 6.26. The maximum Gasteiger partial charge on any atom is 0.695 e. The minimum Gasteiger partial charge on any atom is -0.479 e. The Morgan fingerprint density at radius 1 is 1.20 bits per heavy atom. The molecule has 0 amide bonds. The molecular formula is C4H6O9P2+2. The first-order valence-electron chi connectivity index (χ1n) is 3.22. The zero-order valence-corrected chi connectivity index (χ0v) is 8.71. The van der Waals surface area contributed by atoms with Crippen molar-refractivity contribution >= 4 is 28.8 Å². The molecule has 0 aromatic rings. The second-order valence-electron chi connectivity index (χ2n) is 2.05. The predicted molar refractivity (Wildman–Crippen MR) is 43.1 cm³/mol. The van der Waals surface area contributed by atoms with Gasteiger partial charge in [-0.15, -0.1) is 18.8 Å². The van der Waals surface area contributed by atoms with Gasteiger partial charge in [0.15, 0.2) is 6.29 Å². The topological polar surface area (TPSA) is 147 Å². The summed E-state index contributed by atoms with van der Waals surface area (Å²) in [4.78, 5) is 37.3.